The smallest absolute Gasteiger partial charge is 0.262 e. The third-order valence-corrected chi connectivity index (χ3v) is 5.90. The van der Waals surface area contributed by atoms with Gasteiger partial charge < -0.3 is 5.73 Å². The first-order valence-corrected chi connectivity index (χ1v) is 8.70. The third kappa shape index (κ3) is 3.45. The maximum atomic E-state index is 12.5. The van der Waals surface area contributed by atoms with E-state index in [1.54, 1.807) is 36.4 Å². The first kappa shape index (κ1) is 16.0. The lowest BCUT2D eigenvalue weighted by molar-refractivity contribution is 0.600. The zero-order valence-electron chi connectivity index (χ0n) is 11.9. The van der Waals surface area contributed by atoms with Crippen molar-refractivity contribution >= 4 is 31.6 Å². The molecule has 0 bridgehead atoms. The van der Waals surface area contributed by atoms with E-state index in [1.807, 2.05) is 13.8 Å². The van der Waals surface area contributed by atoms with Gasteiger partial charge >= 0.3 is 0 Å². The van der Waals surface area contributed by atoms with Gasteiger partial charge in [-0.2, -0.15) is 0 Å². The number of nitrogens with two attached hydrogens (primary N) is 1. The highest BCUT2D eigenvalue weighted by molar-refractivity contribution is 9.10. The van der Waals surface area contributed by atoms with E-state index in [1.165, 1.54) is 0 Å². The molecule has 4 nitrogen and oxygen atoms in total. The molecule has 112 valence electrons. The Bertz CT molecular complexity index is 750. The normalized spacial score (nSPS) is 11.4. The van der Waals surface area contributed by atoms with Crippen molar-refractivity contribution in [3.63, 3.8) is 0 Å². The number of halogens is 1. The molecular weight excluding hydrogens is 352 g/mol. The summed E-state index contributed by atoms with van der Waals surface area (Å²) in [6.45, 7) is 4.01. The van der Waals surface area contributed by atoms with Gasteiger partial charge in [-0.1, -0.05) is 34.1 Å². The van der Waals surface area contributed by atoms with Gasteiger partial charge in [0.05, 0.1) is 4.90 Å². The molecule has 0 radical (unpaired) electrons. The molecule has 0 aliphatic heterocycles. The predicted octanol–water partition coefficient (Wildman–Crippen LogP) is 3.33. The van der Waals surface area contributed by atoms with Crippen LogP contribution in [0.5, 0.6) is 0 Å². The molecule has 2 aromatic rings. The fourth-order valence-corrected chi connectivity index (χ4v) is 3.67. The van der Waals surface area contributed by atoms with Gasteiger partial charge in [0.1, 0.15) is 0 Å². The fourth-order valence-electron chi connectivity index (χ4n) is 2.15. The second kappa shape index (κ2) is 6.17. The summed E-state index contributed by atoms with van der Waals surface area (Å²) in [6.07, 6.45) is 0. The SMILES string of the molecule is Cc1cc(NS(=O)(=O)c2ccccc2CN)cc(C)c1Br. The number of sulfonamides is 1. The highest BCUT2D eigenvalue weighted by Gasteiger charge is 2.18. The number of hydrogen-bond donors (Lipinski definition) is 2. The standard InChI is InChI=1S/C15H17BrN2O2S/c1-10-7-13(8-11(2)15(10)16)18-21(19,20)14-6-4-3-5-12(14)9-17/h3-8,18H,9,17H2,1-2H3. The molecule has 0 aliphatic carbocycles. The second-order valence-corrected chi connectivity index (χ2v) is 7.29. The van der Waals surface area contributed by atoms with Gasteiger partial charge in [-0.3, -0.25) is 4.72 Å². The molecule has 6 heteroatoms. The number of benzene rings is 2. The largest absolute Gasteiger partial charge is 0.326 e. The van der Waals surface area contributed by atoms with Crippen LogP contribution in [0.25, 0.3) is 0 Å². The summed E-state index contributed by atoms with van der Waals surface area (Å²) in [5.74, 6) is 0. The van der Waals surface area contributed by atoms with Crippen LogP contribution < -0.4 is 10.5 Å². The molecule has 0 amide bonds. The molecule has 2 rings (SSSR count). The van der Waals surface area contributed by atoms with Crippen LogP contribution >= 0.6 is 15.9 Å². The van der Waals surface area contributed by atoms with Crippen LogP contribution in [0.3, 0.4) is 0 Å². The summed E-state index contributed by atoms with van der Waals surface area (Å²) < 4.78 is 28.6. The Kier molecular flexibility index (Phi) is 4.70. The quantitative estimate of drug-likeness (QED) is 0.869. The van der Waals surface area contributed by atoms with Crippen LogP contribution in [-0.4, -0.2) is 8.42 Å². The maximum absolute atomic E-state index is 12.5. The molecule has 0 unspecified atom stereocenters. The minimum absolute atomic E-state index is 0.176. The number of rotatable bonds is 4. The highest BCUT2D eigenvalue weighted by atomic mass is 79.9. The Hall–Kier alpha value is -1.37. The van der Waals surface area contributed by atoms with Crippen molar-refractivity contribution in [2.45, 2.75) is 25.3 Å². The Morgan fingerprint density at radius 1 is 1.14 bits per heavy atom. The molecule has 3 N–H and O–H groups in total. The lowest BCUT2D eigenvalue weighted by Gasteiger charge is -2.13. The van der Waals surface area contributed by atoms with E-state index in [2.05, 4.69) is 20.7 Å². The first-order chi connectivity index (χ1) is 9.85. The average molecular weight is 369 g/mol. The molecule has 0 heterocycles. The Labute approximate surface area is 133 Å². The van der Waals surface area contributed by atoms with Crippen molar-refractivity contribution in [1.29, 1.82) is 0 Å². The van der Waals surface area contributed by atoms with E-state index in [0.29, 0.717) is 11.3 Å². The van der Waals surface area contributed by atoms with E-state index >= 15 is 0 Å². The van der Waals surface area contributed by atoms with Gasteiger partial charge in [0, 0.05) is 16.7 Å². The van der Waals surface area contributed by atoms with Gasteiger partial charge in [-0.05, 0) is 48.7 Å². The summed E-state index contributed by atoms with van der Waals surface area (Å²) in [5, 5.41) is 0. The van der Waals surface area contributed by atoms with Crippen molar-refractivity contribution < 1.29 is 8.42 Å². The molecule has 0 saturated heterocycles. The predicted molar refractivity (Wildman–Crippen MR) is 88.8 cm³/mol. The van der Waals surface area contributed by atoms with Crippen molar-refractivity contribution in [1.82, 2.24) is 0 Å². The Balaban J connectivity index is 2.42. The fraction of sp³-hybridized carbons (Fsp3) is 0.200. The lowest BCUT2D eigenvalue weighted by atomic mass is 10.1. The van der Waals surface area contributed by atoms with E-state index in [4.69, 9.17) is 5.73 Å². The van der Waals surface area contributed by atoms with E-state index in [9.17, 15) is 8.42 Å². The van der Waals surface area contributed by atoms with Gasteiger partial charge in [0.15, 0.2) is 0 Å². The first-order valence-electron chi connectivity index (χ1n) is 6.42. The zero-order chi connectivity index (χ0) is 15.6. The highest BCUT2D eigenvalue weighted by Crippen LogP contribution is 2.27. The molecule has 0 aliphatic rings. The van der Waals surface area contributed by atoms with Crippen molar-refractivity contribution in [2.24, 2.45) is 5.73 Å². The van der Waals surface area contributed by atoms with Gasteiger partial charge in [-0.25, -0.2) is 8.42 Å². The summed E-state index contributed by atoms with van der Waals surface area (Å²) in [6, 6.07) is 10.3. The monoisotopic (exact) mass is 368 g/mol. The molecule has 21 heavy (non-hydrogen) atoms. The minimum Gasteiger partial charge on any atom is -0.326 e. The molecule has 0 aromatic heterocycles. The van der Waals surface area contributed by atoms with E-state index < -0.39 is 10.0 Å². The Morgan fingerprint density at radius 3 is 2.29 bits per heavy atom. The molecule has 0 spiro atoms. The molecular formula is C15H17BrN2O2S. The molecule has 0 fully saturated rings. The van der Waals surface area contributed by atoms with E-state index in [-0.39, 0.29) is 11.4 Å². The third-order valence-electron chi connectivity index (χ3n) is 3.17. The van der Waals surface area contributed by atoms with Crippen molar-refractivity contribution in [3.05, 3.63) is 57.6 Å². The number of nitrogens with one attached hydrogen (secondary N) is 1. The van der Waals surface area contributed by atoms with Crippen LogP contribution in [-0.2, 0) is 16.6 Å². The Morgan fingerprint density at radius 2 is 1.71 bits per heavy atom. The zero-order valence-corrected chi connectivity index (χ0v) is 14.3. The van der Waals surface area contributed by atoms with Crippen molar-refractivity contribution in [2.75, 3.05) is 4.72 Å². The topological polar surface area (TPSA) is 72.2 Å². The van der Waals surface area contributed by atoms with Crippen LogP contribution in [0.2, 0.25) is 0 Å². The molecule has 2 aromatic carbocycles. The summed E-state index contributed by atoms with van der Waals surface area (Å²) in [4.78, 5) is 0.214. The summed E-state index contributed by atoms with van der Waals surface area (Å²) in [7, 11) is -3.65. The van der Waals surface area contributed by atoms with Crippen LogP contribution in [0.4, 0.5) is 5.69 Å². The van der Waals surface area contributed by atoms with E-state index in [0.717, 1.165) is 15.6 Å². The van der Waals surface area contributed by atoms with Gasteiger partial charge in [0.2, 0.25) is 0 Å². The van der Waals surface area contributed by atoms with Gasteiger partial charge in [0.25, 0.3) is 10.0 Å². The van der Waals surface area contributed by atoms with Crippen LogP contribution in [0.15, 0.2) is 45.8 Å². The number of hydrogen-bond acceptors (Lipinski definition) is 3. The second-order valence-electron chi connectivity index (χ2n) is 4.84. The van der Waals surface area contributed by atoms with Gasteiger partial charge in [-0.15, -0.1) is 0 Å². The molecule has 0 saturated carbocycles. The minimum atomic E-state index is -3.65. The van der Waals surface area contributed by atoms with Crippen LogP contribution in [0.1, 0.15) is 16.7 Å². The van der Waals surface area contributed by atoms with Crippen LogP contribution in [0, 0.1) is 13.8 Å². The number of aryl methyl sites for hydroxylation is 2. The average Bonchev–Trinajstić information content (AvgIpc) is 2.44. The lowest BCUT2D eigenvalue weighted by Crippen LogP contribution is -2.16. The maximum Gasteiger partial charge on any atom is 0.262 e. The summed E-state index contributed by atoms with van der Waals surface area (Å²) >= 11 is 3.47. The van der Waals surface area contributed by atoms with Crippen molar-refractivity contribution in [3.8, 4) is 0 Å². The summed E-state index contributed by atoms with van der Waals surface area (Å²) in [5.41, 5.74) is 8.69. The number of anilines is 1. The molecule has 0 atom stereocenters.